The first kappa shape index (κ1) is 22.4. The molecule has 3 rings (SSSR count). The van der Waals surface area contributed by atoms with Crippen LogP contribution in [-0.2, 0) is 23.9 Å². The monoisotopic (exact) mass is 451 g/mol. The minimum Gasteiger partial charge on any atom is -0.484 e. The van der Waals surface area contributed by atoms with E-state index in [0.717, 1.165) is 23.6 Å². The van der Waals surface area contributed by atoms with Crippen molar-refractivity contribution in [3.8, 4) is 5.75 Å². The van der Waals surface area contributed by atoms with Crippen LogP contribution < -0.4 is 15.4 Å². The standard InChI is InChI=1S/C19H21N3O8S/c1-10(23)20-18(28)30-9-19(2)14(17(26)27)22-15(25)13(16(22)31-19)21-12(24)8-29-11-6-4-3-5-7-11/h3-7,13-14,16H,8-9H2,1-2H3,(H,21,24)(H,26,27)(H,20,23,28)/t13-,14+,16-,19+/m1/s1. The van der Waals surface area contributed by atoms with Crippen LogP contribution in [0.1, 0.15) is 13.8 Å². The van der Waals surface area contributed by atoms with Crippen LogP contribution in [0, 0.1) is 0 Å². The summed E-state index contributed by atoms with van der Waals surface area (Å²) in [4.78, 5) is 60.3. The Morgan fingerprint density at radius 3 is 2.52 bits per heavy atom. The predicted molar refractivity (Wildman–Crippen MR) is 107 cm³/mol. The number of carbonyl (C=O) groups excluding carboxylic acids is 4. The Labute approximate surface area is 181 Å². The number of carboxylic acid groups (broad SMARTS) is 1. The Bertz CT molecular complexity index is 911. The predicted octanol–water partition coefficient (Wildman–Crippen LogP) is -0.0501. The van der Waals surface area contributed by atoms with Gasteiger partial charge < -0.3 is 24.8 Å². The summed E-state index contributed by atoms with van der Waals surface area (Å²) < 4.78 is 9.15. The maximum atomic E-state index is 12.6. The van der Waals surface area contributed by atoms with Crippen LogP contribution in [0.3, 0.4) is 0 Å². The van der Waals surface area contributed by atoms with E-state index in [4.69, 9.17) is 9.47 Å². The van der Waals surface area contributed by atoms with Crippen molar-refractivity contribution in [1.82, 2.24) is 15.5 Å². The summed E-state index contributed by atoms with van der Waals surface area (Å²) in [6.07, 6.45) is -1.01. The van der Waals surface area contributed by atoms with E-state index in [1.165, 1.54) is 0 Å². The number of nitrogens with zero attached hydrogens (tertiary/aromatic N) is 1. The average Bonchev–Trinajstić information content (AvgIpc) is 2.99. The van der Waals surface area contributed by atoms with Gasteiger partial charge in [-0.25, -0.2) is 9.59 Å². The first-order valence-corrected chi connectivity index (χ1v) is 10.1. The topological polar surface area (TPSA) is 151 Å². The zero-order valence-electron chi connectivity index (χ0n) is 16.7. The third-order valence-corrected chi connectivity index (χ3v) is 6.38. The molecular formula is C19H21N3O8S. The number of carbonyl (C=O) groups is 5. The number of hydrogen-bond donors (Lipinski definition) is 3. The van der Waals surface area contributed by atoms with Gasteiger partial charge in [0, 0.05) is 6.92 Å². The highest BCUT2D eigenvalue weighted by atomic mass is 32.2. The van der Waals surface area contributed by atoms with Gasteiger partial charge in [-0.1, -0.05) is 18.2 Å². The Morgan fingerprint density at radius 2 is 1.90 bits per heavy atom. The lowest BCUT2D eigenvalue weighted by atomic mass is 9.95. The molecule has 2 fully saturated rings. The van der Waals surface area contributed by atoms with Gasteiger partial charge in [-0.05, 0) is 19.1 Å². The maximum absolute atomic E-state index is 12.6. The molecule has 31 heavy (non-hydrogen) atoms. The molecule has 4 amide bonds. The lowest BCUT2D eigenvalue weighted by Crippen LogP contribution is -2.71. The van der Waals surface area contributed by atoms with Gasteiger partial charge in [0.1, 0.15) is 29.8 Å². The van der Waals surface area contributed by atoms with Gasteiger partial charge in [0.15, 0.2) is 6.61 Å². The number of amides is 4. The highest BCUT2D eigenvalue weighted by Crippen LogP contribution is 2.51. The molecule has 0 radical (unpaired) electrons. The number of fused-ring (bicyclic) bond motifs is 1. The number of β-lactam (4-membered cyclic amide) rings is 1. The number of aliphatic carboxylic acids is 1. The highest BCUT2D eigenvalue weighted by molar-refractivity contribution is 8.01. The van der Waals surface area contributed by atoms with E-state index >= 15 is 0 Å². The molecule has 3 N–H and O–H groups in total. The molecule has 2 saturated heterocycles. The van der Waals surface area contributed by atoms with E-state index in [1.807, 2.05) is 5.32 Å². The fourth-order valence-electron chi connectivity index (χ4n) is 3.42. The molecule has 11 nitrogen and oxygen atoms in total. The molecule has 2 aliphatic heterocycles. The number of para-hydroxylation sites is 1. The first-order valence-electron chi connectivity index (χ1n) is 9.27. The maximum Gasteiger partial charge on any atom is 0.413 e. The van der Waals surface area contributed by atoms with E-state index in [9.17, 15) is 29.1 Å². The third kappa shape index (κ3) is 4.74. The van der Waals surface area contributed by atoms with Crippen molar-refractivity contribution in [2.45, 2.75) is 36.1 Å². The SMILES string of the molecule is CC(=O)NC(=O)OC[C@]1(C)S[C@@H]2[C@H](NC(=O)COc3ccccc3)C(=O)N2[C@H]1C(=O)O. The molecule has 4 atom stereocenters. The smallest absolute Gasteiger partial charge is 0.413 e. The molecule has 166 valence electrons. The molecular weight excluding hydrogens is 430 g/mol. The number of alkyl carbamates (subject to hydrolysis) is 1. The van der Waals surface area contributed by atoms with Crippen molar-refractivity contribution in [2.24, 2.45) is 0 Å². The molecule has 1 aromatic carbocycles. The second-order valence-corrected chi connectivity index (χ2v) is 8.86. The number of thioether (sulfide) groups is 1. The van der Waals surface area contributed by atoms with Crippen LogP contribution >= 0.6 is 11.8 Å². The quantitative estimate of drug-likeness (QED) is 0.485. The number of hydrogen-bond acceptors (Lipinski definition) is 8. The summed E-state index contributed by atoms with van der Waals surface area (Å²) in [5.74, 6) is -2.47. The van der Waals surface area contributed by atoms with E-state index in [0.29, 0.717) is 5.75 Å². The number of nitrogens with one attached hydrogen (secondary N) is 2. The van der Waals surface area contributed by atoms with Gasteiger partial charge in [0.25, 0.3) is 5.91 Å². The lowest BCUT2D eigenvalue weighted by Gasteiger charge is -2.43. The fraction of sp³-hybridized carbons (Fsp3) is 0.421. The largest absolute Gasteiger partial charge is 0.484 e. The fourth-order valence-corrected chi connectivity index (χ4v) is 5.10. The molecule has 2 aliphatic rings. The van der Waals surface area contributed by atoms with Crippen molar-refractivity contribution in [3.63, 3.8) is 0 Å². The Hall–Kier alpha value is -3.28. The van der Waals surface area contributed by atoms with Crippen LogP contribution in [0.5, 0.6) is 5.75 Å². The van der Waals surface area contributed by atoms with Gasteiger partial charge in [0.05, 0.1) is 4.75 Å². The first-order chi connectivity index (χ1) is 14.6. The number of rotatable bonds is 7. The minimum absolute atomic E-state index is 0.306. The molecule has 1 aromatic rings. The molecule has 0 saturated carbocycles. The zero-order valence-corrected chi connectivity index (χ0v) is 17.5. The molecule has 0 bridgehead atoms. The lowest BCUT2D eigenvalue weighted by molar-refractivity contribution is -0.161. The second kappa shape index (κ2) is 8.84. The van der Waals surface area contributed by atoms with Gasteiger partial charge in [-0.3, -0.25) is 19.7 Å². The van der Waals surface area contributed by atoms with Crippen molar-refractivity contribution in [1.29, 1.82) is 0 Å². The summed E-state index contributed by atoms with van der Waals surface area (Å²) in [5, 5.41) is 13.5. The van der Waals surface area contributed by atoms with E-state index in [1.54, 1.807) is 37.3 Å². The van der Waals surface area contributed by atoms with E-state index in [-0.39, 0.29) is 13.2 Å². The summed E-state index contributed by atoms with van der Waals surface area (Å²) in [7, 11) is 0. The van der Waals surface area contributed by atoms with Crippen molar-refractivity contribution in [3.05, 3.63) is 30.3 Å². The van der Waals surface area contributed by atoms with E-state index < -0.39 is 52.0 Å². The Morgan fingerprint density at radius 1 is 1.23 bits per heavy atom. The normalized spacial score (nSPS) is 26.3. The van der Waals surface area contributed by atoms with Gasteiger partial charge in [0.2, 0.25) is 11.8 Å². The number of imide groups is 1. The van der Waals surface area contributed by atoms with Gasteiger partial charge in [-0.15, -0.1) is 11.8 Å². The number of ether oxygens (including phenoxy) is 2. The summed E-state index contributed by atoms with van der Waals surface area (Å²) in [6, 6.07) is 6.47. The molecule has 0 aliphatic carbocycles. The molecule has 0 aromatic heterocycles. The molecule has 0 spiro atoms. The molecule has 2 heterocycles. The minimum atomic E-state index is -1.27. The summed E-state index contributed by atoms with van der Waals surface area (Å²) >= 11 is 1.11. The van der Waals surface area contributed by atoms with E-state index in [2.05, 4.69) is 5.32 Å². The van der Waals surface area contributed by atoms with Crippen molar-refractivity contribution in [2.75, 3.05) is 13.2 Å². The molecule has 0 unspecified atom stereocenters. The number of benzene rings is 1. The zero-order chi connectivity index (χ0) is 22.8. The van der Waals surface area contributed by atoms with Crippen LogP contribution in [0.4, 0.5) is 4.79 Å². The van der Waals surface area contributed by atoms with Crippen LogP contribution in [0.15, 0.2) is 30.3 Å². The highest BCUT2D eigenvalue weighted by Gasteiger charge is 2.66. The second-order valence-electron chi connectivity index (χ2n) is 7.21. The van der Waals surface area contributed by atoms with Crippen LogP contribution in [0.2, 0.25) is 0 Å². The molecule has 12 heteroatoms. The Kier molecular flexibility index (Phi) is 6.39. The third-order valence-electron chi connectivity index (χ3n) is 4.76. The summed E-state index contributed by atoms with van der Waals surface area (Å²) in [6.45, 7) is 2.01. The summed E-state index contributed by atoms with van der Waals surface area (Å²) in [5.41, 5.74) is 0. The number of carboxylic acids is 1. The van der Waals surface area contributed by atoms with Crippen LogP contribution in [-0.4, -0.2) is 75.2 Å². The average molecular weight is 451 g/mol. The van der Waals surface area contributed by atoms with Crippen molar-refractivity contribution < 1.29 is 38.6 Å². The van der Waals surface area contributed by atoms with Crippen molar-refractivity contribution >= 4 is 41.5 Å². The Balaban J connectivity index is 1.62. The van der Waals surface area contributed by atoms with Gasteiger partial charge in [-0.2, -0.15) is 0 Å². The van der Waals surface area contributed by atoms with Gasteiger partial charge >= 0.3 is 12.1 Å². The van der Waals surface area contributed by atoms with Crippen LogP contribution in [0.25, 0.3) is 0 Å².